The summed E-state index contributed by atoms with van der Waals surface area (Å²) in [6.07, 6.45) is 3.06. The van der Waals surface area contributed by atoms with Crippen LogP contribution in [-0.2, 0) is 28.9 Å². The van der Waals surface area contributed by atoms with Gasteiger partial charge in [0.15, 0.2) is 16.1 Å². The summed E-state index contributed by atoms with van der Waals surface area (Å²) in [6, 6.07) is 0. The van der Waals surface area contributed by atoms with Gasteiger partial charge in [-0.05, 0) is 0 Å². The van der Waals surface area contributed by atoms with Gasteiger partial charge in [-0.2, -0.15) is 4.39 Å². The predicted molar refractivity (Wildman–Crippen MR) is 84.9 cm³/mol. The monoisotopic (exact) mass is 388 g/mol. The normalized spacial score (nSPS) is 17.0. The Morgan fingerprint density at radius 3 is 2.35 bits per heavy atom. The Morgan fingerprint density at radius 1 is 1.26 bits per heavy atom. The Kier molecular flexibility index (Phi) is 7.58. The number of hydrogen-bond acceptors (Lipinski definition) is 7. The maximum atomic E-state index is 13.1. The Labute approximate surface area is 131 Å². The van der Waals surface area contributed by atoms with E-state index in [1.54, 1.807) is 4.98 Å². The minimum atomic E-state index is -3.82. The summed E-state index contributed by atoms with van der Waals surface area (Å²) < 4.78 is 57.8. The van der Waals surface area contributed by atoms with Crippen LogP contribution in [0, 0.1) is 5.82 Å². The van der Waals surface area contributed by atoms with Crippen LogP contribution in [0.2, 0.25) is 0 Å². The van der Waals surface area contributed by atoms with Crippen molar-refractivity contribution in [1.82, 2.24) is 9.55 Å². The number of aromatic amines is 1. The highest BCUT2D eigenvalue weighted by Gasteiger charge is 2.26. The molecule has 1 N–H and O–H groups in total. The smallest absolute Gasteiger partial charge is 0.296 e. The lowest BCUT2D eigenvalue weighted by atomic mass is 10.5. The van der Waals surface area contributed by atoms with E-state index < -0.39 is 40.7 Å². The third-order valence-corrected chi connectivity index (χ3v) is 7.24. The highest BCUT2D eigenvalue weighted by atomic mass is 31.3. The van der Waals surface area contributed by atoms with Crippen LogP contribution < -0.4 is 11.2 Å². The molecule has 0 bridgehead atoms. The number of aromatic nitrogens is 2. The molecule has 0 aliphatic rings. The summed E-state index contributed by atoms with van der Waals surface area (Å²) in [7, 11) is -8.98. The van der Waals surface area contributed by atoms with Gasteiger partial charge >= 0.3 is 13.3 Å². The number of H-pyrrole nitrogens is 1. The zero-order valence-corrected chi connectivity index (χ0v) is 15.2. The number of nitrogens with zero attached hydrogens (tertiary/aromatic N) is 1. The lowest BCUT2D eigenvalue weighted by molar-refractivity contribution is 0.397. The Bertz CT molecular complexity index is 780. The molecule has 1 heterocycles. The highest BCUT2D eigenvalue weighted by Crippen LogP contribution is 2.59. The van der Waals surface area contributed by atoms with Crippen LogP contribution in [0.1, 0.15) is 0 Å². The first-order chi connectivity index (χ1) is 10.6. The molecule has 2 atom stereocenters. The van der Waals surface area contributed by atoms with E-state index in [0.29, 0.717) is 0 Å². The zero-order valence-electron chi connectivity index (χ0n) is 12.3. The van der Waals surface area contributed by atoms with Crippen molar-refractivity contribution in [1.29, 1.82) is 0 Å². The number of halogens is 1. The molecule has 0 aliphatic heterocycles. The maximum absolute atomic E-state index is 13.1. The van der Waals surface area contributed by atoms with E-state index >= 15 is 0 Å². The van der Waals surface area contributed by atoms with Crippen molar-refractivity contribution in [3.8, 4) is 0 Å². The lowest BCUT2D eigenvalue weighted by Gasteiger charge is -2.13. The minimum Gasteiger partial charge on any atom is -0.296 e. The van der Waals surface area contributed by atoms with E-state index in [2.05, 4.69) is 0 Å². The van der Waals surface area contributed by atoms with Crippen molar-refractivity contribution < 1.29 is 26.7 Å². The zero-order chi connectivity index (χ0) is 17.6. The molecule has 9 nitrogen and oxygen atoms in total. The SMILES string of the molecule is C[PH](=O)OP(=O)(C/C=C\Cn1cc(F)c(=O)[nH]c1=O)O[PH](C)=O. The van der Waals surface area contributed by atoms with Gasteiger partial charge in [0.2, 0.25) is 5.82 Å². The first-order valence-corrected chi connectivity index (χ1v) is 11.6. The number of allylic oxidation sites excluding steroid dienone is 2. The third kappa shape index (κ3) is 6.94. The van der Waals surface area contributed by atoms with Crippen molar-refractivity contribution in [2.45, 2.75) is 6.54 Å². The molecule has 0 radical (unpaired) electrons. The topological polar surface area (TPSA) is 125 Å². The van der Waals surface area contributed by atoms with Gasteiger partial charge in [0, 0.05) is 19.9 Å². The Morgan fingerprint density at radius 2 is 1.83 bits per heavy atom. The maximum Gasteiger partial charge on any atom is 0.345 e. The van der Waals surface area contributed by atoms with Crippen LogP contribution in [0.3, 0.4) is 0 Å². The van der Waals surface area contributed by atoms with Crippen molar-refractivity contribution >= 4 is 23.7 Å². The molecule has 0 amide bonds. The molecule has 0 saturated carbocycles. The van der Waals surface area contributed by atoms with Crippen LogP contribution >= 0.6 is 23.7 Å². The Balaban J connectivity index is 2.80. The van der Waals surface area contributed by atoms with Gasteiger partial charge in [0.05, 0.1) is 12.4 Å². The molecule has 0 aromatic carbocycles. The summed E-state index contributed by atoms with van der Waals surface area (Å²) in [5.41, 5.74) is -1.93. The molecule has 0 fully saturated rings. The molecule has 0 aliphatic carbocycles. The molecular formula is C10H16FN2O7P3. The molecule has 13 heteroatoms. The van der Waals surface area contributed by atoms with E-state index in [4.69, 9.17) is 8.62 Å². The second kappa shape index (κ2) is 8.71. The lowest BCUT2D eigenvalue weighted by Crippen LogP contribution is -2.31. The van der Waals surface area contributed by atoms with E-state index in [-0.39, 0.29) is 12.7 Å². The average molecular weight is 388 g/mol. The summed E-state index contributed by atoms with van der Waals surface area (Å²) >= 11 is 0. The van der Waals surface area contributed by atoms with Crippen molar-refractivity contribution in [2.24, 2.45) is 0 Å². The highest BCUT2D eigenvalue weighted by molar-refractivity contribution is 7.66. The summed E-state index contributed by atoms with van der Waals surface area (Å²) in [5, 5.41) is 0. The Hall–Kier alpha value is -1.04. The molecule has 0 spiro atoms. The van der Waals surface area contributed by atoms with Gasteiger partial charge < -0.3 is 0 Å². The largest absolute Gasteiger partial charge is 0.345 e. The quantitative estimate of drug-likeness (QED) is 0.531. The van der Waals surface area contributed by atoms with Crippen LogP contribution in [0.15, 0.2) is 27.9 Å². The molecule has 130 valence electrons. The molecule has 2 unspecified atom stereocenters. The summed E-state index contributed by atoms with van der Waals surface area (Å²) in [6.45, 7) is 2.30. The van der Waals surface area contributed by atoms with E-state index in [1.165, 1.54) is 25.5 Å². The fraction of sp³-hybridized carbons (Fsp3) is 0.400. The summed E-state index contributed by atoms with van der Waals surface area (Å²) in [5.74, 6) is -1.12. The van der Waals surface area contributed by atoms with Crippen LogP contribution in [0.5, 0.6) is 0 Å². The first-order valence-electron chi connectivity index (χ1n) is 6.26. The number of nitrogens with one attached hydrogen (secondary N) is 1. The molecule has 1 aromatic rings. The van der Waals surface area contributed by atoms with Crippen molar-refractivity contribution in [2.75, 3.05) is 19.5 Å². The van der Waals surface area contributed by atoms with Gasteiger partial charge in [-0.3, -0.25) is 36.7 Å². The fourth-order valence-electron chi connectivity index (χ4n) is 1.49. The third-order valence-electron chi connectivity index (χ3n) is 2.30. The van der Waals surface area contributed by atoms with E-state index in [0.717, 1.165) is 10.8 Å². The molecule has 1 aromatic heterocycles. The van der Waals surface area contributed by atoms with Crippen LogP contribution in [-0.4, -0.2) is 29.0 Å². The van der Waals surface area contributed by atoms with Crippen LogP contribution in [0.25, 0.3) is 0 Å². The fourth-order valence-corrected chi connectivity index (χ4v) is 6.12. The van der Waals surface area contributed by atoms with E-state index in [9.17, 15) is 27.7 Å². The average Bonchev–Trinajstić information content (AvgIpc) is 2.38. The van der Waals surface area contributed by atoms with Gasteiger partial charge in [-0.25, -0.2) is 4.79 Å². The van der Waals surface area contributed by atoms with Gasteiger partial charge in [-0.1, -0.05) is 12.2 Å². The first kappa shape index (κ1) is 20.0. The molecule has 0 saturated heterocycles. The second-order valence-electron chi connectivity index (χ2n) is 4.32. The van der Waals surface area contributed by atoms with E-state index in [1.807, 2.05) is 0 Å². The standard InChI is InChI=1S/C10H16FN2O7P3/c1-21(16)19-23(18,20-22(2)17)6-4-3-5-13-7-8(11)9(14)12-10(13)15/h3-4,7,21-22H,5-6H2,1-2H3,(H,12,14,15)/b4-3-. The second-order valence-corrected chi connectivity index (χ2v) is 9.33. The minimum absolute atomic E-state index is 0.116. The number of rotatable bonds is 8. The molecular weight excluding hydrogens is 372 g/mol. The molecule has 1 rings (SSSR count). The van der Waals surface area contributed by atoms with Gasteiger partial charge in [0.25, 0.3) is 5.56 Å². The number of hydrogen-bond donors (Lipinski definition) is 1. The van der Waals surface area contributed by atoms with Crippen molar-refractivity contribution in [3.05, 3.63) is 45.0 Å². The van der Waals surface area contributed by atoms with Gasteiger partial charge in [-0.15, -0.1) is 0 Å². The predicted octanol–water partition coefficient (Wildman–Crippen LogP) is 1.67. The van der Waals surface area contributed by atoms with Gasteiger partial charge in [0.1, 0.15) is 0 Å². The molecule has 23 heavy (non-hydrogen) atoms. The van der Waals surface area contributed by atoms with Crippen LogP contribution in [0.4, 0.5) is 4.39 Å². The summed E-state index contributed by atoms with van der Waals surface area (Å²) in [4.78, 5) is 24.1. The van der Waals surface area contributed by atoms with Crippen molar-refractivity contribution in [3.63, 3.8) is 0 Å².